The maximum absolute atomic E-state index is 9.98. The first-order valence-corrected chi connectivity index (χ1v) is 13.5. The van der Waals surface area contributed by atoms with Crippen LogP contribution in [0.4, 0.5) is 0 Å². The van der Waals surface area contributed by atoms with E-state index in [2.05, 4.69) is 10.3 Å². The van der Waals surface area contributed by atoms with Gasteiger partial charge in [0.2, 0.25) is 0 Å². The number of para-hydroxylation sites is 1. The van der Waals surface area contributed by atoms with Crippen LogP contribution in [0.2, 0.25) is 0 Å². The number of phenols is 4. The van der Waals surface area contributed by atoms with E-state index in [-0.39, 0.29) is 23.0 Å². The summed E-state index contributed by atoms with van der Waals surface area (Å²) in [5, 5.41) is 47.1. The zero-order valence-electron chi connectivity index (χ0n) is 23.2. The number of aromatic hydroxyl groups is 4. The van der Waals surface area contributed by atoms with Crippen LogP contribution in [0.15, 0.2) is 106 Å². The molecule has 4 aromatic carbocycles. The monoisotopic (exact) mass is 562 g/mol. The van der Waals surface area contributed by atoms with Crippen molar-refractivity contribution in [2.24, 2.45) is 0 Å². The van der Waals surface area contributed by atoms with Gasteiger partial charge in [-0.25, -0.2) is 0 Å². The Morgan fingerprint density at radius 1 is 0.524 bits per heavy atom. The highest BCUT2D eigenvalue weighted by Crippen LogP contribution is 2.37. The lowest BCUT2D eigenvalue weighted by Crippen LogP contribution is -1.87. The van der Waals surface area contributed by atoms with Gasteiger partial charge in [-0.1, -0.05) is 72.7 Å². The molecule has 0 aliphatic heterocycles. The van der Waals surface area contributed by atoms with Crippen molar-refractivity contribution >= 4 is 0 Å². The average molecular weight is 563 g/mol. The highest BCUT2D eigenvalue weighted by atomic mass is 16.5. The Bertz CT molecular complexity index is 1760. The summed E-state index contributed by atoms with van der Waals surface area (Å²) >= 11 is 0. The van der Waals surface area contributed by atoms with Crippen molar-refractivity contribution in [1.29, 1.82) is 0 Å². The van der Waals surface area contributed by atoms with Gasteiger partial charge in [-0.3, -0.25) is 0 Å². The van der Waals surface area contributed by atoms with Crippen LogP contribution in [0.1, 0.15) is 25.0 Å². The molecule has 0 aliphatic rings. The molecule has 0 unspecified atom stereocenters. The molecule has 8 heteroatoms. The number of rotatable bonds is 6. The molecule has 0 saturated carbocycles. The van der Waals surface area contributed by atoms with Crippen LogP contribution in [-0.2, 0) is 12.8 Å². The number of benzene rings is 4. The maximum atomic E-state index is 9.98. The molecule has 4 N–H and O–H groups in total. The molecular weight excluding hydrogens is 532 g/mol. The molecule has 0 spiro atoms. The van der Waals surface area contributed by atoms with Gasteiger partial charge in [-0.15, -0.1) is 0 Å². The summed E-state index contributed by atoms with van der Waals surface area (Å²) in [6, 6.07) is 27.7. The zero-order chi connectivity index (χ0) is 29.6. The van der Waals surface area contributed by atoms with Crippen LogP contribution in [0.5, 0.6) is 23.0 Å². The number of hydrogen-bond acceptors (Lipinski definition) is 8. The first-order chi connectivity index (χ1) is 20.4. The van der Waals surface area contributed by atoms with E-state index in [0.29, 0.717) is 34.9 Å². The van der Waals surface area contributed by atoms with Crippen molar-refractivity contribution in [3.05, 3.63) is 108 Å². The Hall–Kier alpha value is -5.50. The normalized spacial score (nSPS) is 10.7. The smallest absolute Gasteiger partial charge is 0.174 e. The van der Waals surface area contributed by atoms with Crippen molar-refractivity contribution in [3.63, 3.8) is 0 Å². The van der Waals surface area contributed by atoms with Gasteiger partial charge in [0.15, 0.2) is 11.5 Å². The van der Waals surface area contributed by atoms with E-state index in [9.17, 15) is 20.4 Å². The summed E-state index contributed by atoms with van der Waals surface area (Å²) in [5.41, 5.74) is 6.25. The lowest BCUT2D eigenvalue weighted by atomic mass is 10.00. The van der Waals surface area contributed by atoms with Gasteiger partial charge in [0, 0.05) is 27.8 Å². The van der Waals surface area contributed by atoms with Gasteiger partial charge in [0.05, 0.1) is 5.56 Å². The van der Waals surface area contributed by atoms with Gasteiger partial charge in [0.1, 0.15) is 34.4 Å². The predicted octanol–water partition coefficient (Wildman–Crippen LogP) is 7.96. The van der Waals surface area contributed by atoms with E-state index in [4.69, 9.17) is 9.05 Å². The third-order valence-corrected chi connectivity index (χ3v) is 6.78. The van der Waals surface area contributed by atoms with E-state index >= 15 is 0 Å². The average Bonchev–Trinajstić information content (AvgIpc) is 3.62. The second-order valence-electron chi connectivity index (χ2n) is 9.55. The van der Waals surface area contributed by atoms with E-state index in [0.717, 1.165) is 34.2 Å². The Labute approximate surface area is 242 Å². The maximum Gasteiger partial charge on any atom is 0.174 e. The number of phenolic OH excluding ortho intramolecular Hbond substituents is 4. The van der Waals surface area contributed by atoms with Crippen molar-refractivity contribution in [3.8, 4) is 68.2 Å². The topological polar surface area (TPSA) is 133 Å². The lowest BCUT2D eigenvalue weighted by Gasteiger charge is -2.04. The summed E-state index contributed by atoms with van der Waals surface area (Å²) in [4.78, 5) is 0. The minimum Gasteiger partial charge on any atom is -0.508 e. The molecule has 8 nitrogen and oxygen atoms in total. The van der Waals surface area contributed by atoms with Crippen molar-refractivity contribution < 1.29 is 29.5 Å². The van der Waals surface area contributed by atoms with Crippen LogP contribution in [-0.4, -0.2) is 30.7 Å². The molecule has 0 aliphatic carbocycles. The van der Waals surface area contributed by atoms with Crippen LogP contribution in [0, 0.1) is 0 Å². The summed E-state index contributed by atoms with van der Waals surface area (Å²) < 4.78 is 10.9. The first-order valence-electron chi connectivity index (χ1n) is 13.5. The van der Waals surface area contributed by atoms with Crippen molar-refractivity contribution in [2.45, 2.75) is 26.7 Å². The van der Waals surface area contributed by atoms with Crippen LogP contribution in [0.3, 0.4) is 0 Å². The fourth-order valence-electron chi connectivity index (χ4n) is 4.79. The van der Waals surface area contributed by atoms with Crippen LogP contribution in [0.25, 0.3) is 45.2 Å². The predicted molar refractivity (Wildman–Crippen MR) is 160 cm³/mol. The Morgan fingerprint density at radius 3 is 1.48 bits per heavy atom. The molecule has 6 aromatic rings. The SMILES string of the molecule is CCc1c(-c2cccc(O)c2)noc1-c1cccc(O)c1.CCc1c(-c2cccc(O)c2)noc1-c1ccccc1O. The number of aromatic nitrogens is 2. The molecule has 0 fully saturated rings. The van der Waals surface area contributed by atoms with Gasteiger partial charge < -0.3 is 29.5 Å². The van der Waals surface area contributed by atoms with E-state index in [1.54, 1.807) is 72.8 Å². The van der Waals surface area contributed by atoms with Crippen LogP contribution < -0.4 is 0 Å². The highest BCUT2D eigenvalue weighted by Gasteiger charge is 2.20. The molecule has 212 valence electrons. The van der Waals surface area contributed by atoms with Crippen LogP contribution >= 0.6 is 0 Å². The Kier molecular flexibility index (Phi) is 8.24. The summed E-state index contributed by atoms with van der Waals surface area (Å²) in [6.45, 7) is 4.02. The molecule has 0 bridgehead atoms. The minimum atomic E-state index is 0.158. The lowest BCUT2D eigenvalue weighted by molar-refractivity contribution is 0.427. The molecule has 0 saturated heterocycles. The summed E-state index contributed by atoms with van der Waals surface area (Å²) in [5.74, 6) is 1.93. The number of nitrogens with zero attached hydrogens (tertiary/aromatic N) is 2. The largest absolute Gasteiger partial charge is 0.508 e. The molecule has 6 rings (SSSR count). The molecule has 42 heavy (non-hydrogen) atoms. The van der Waals surface area contributed by atoms with Crippen molar-refractivity contribution in [1.82, 2.24) is 10.3 Å². The third-order valence-electron chi connectivity index (χ3n) is 6.78. The Balaban J connectivity index is 0.000000168. The van der Waals surface area contributed by atoms with Gasteiger partial charge in [-0.2, -0.15) is 0 Å². The van der Waals surface area contributed by atoms with Gasteiger partial charge in [0.25, 0.3) is 0 Å². The van der Waals surface area contributed by atoms with Gasteiger partial charge >= 0.3 is 0 Å². The van der Waals surface area contributed by atoms with Gasteiger partial charge in [-0.05, 0) is 61.4 Å². The minimum absolute atomic E-state index is 0.158. The first kappa shape index (κ1) is 28.0. The highest BCUT2D eigenvalue weighted by molar-refractivity contribution is 5.76. The molecule has 0 atom stereocenters. The molecule has 2 heterocycles. The number of hydrogen-bond donors (Lipinski definition) is 4. The quantitative estimate of drug-likeness (QED) is 0.161. The molecule has 2 aromatic heterocycles. The van der Waals surface area contributed by atoms with E-state index < -0.39 is 0 Å². The van der Waals surface area contributed by atoms with Crippen molar-refractivity contribution in [2.75, 3.05) is 0 Å². The summed E-state index contributed by atoms with van der Waals surface area (Å²) in [6.07, 6.45) is 1.44. The second kappa shape index (κ2) is 12.3. The van der Waals surface area contributed by atoms with E-state index in [1.807, 2.05) is 38.1 Å². The third kappa shape index (κ3) is 5.83. The molecule has 0 radical (unpaired) electrons. The van der Waals surface area contributed by atoms with E-state index in [1.165, 1.54) is 0 Å². The molecule has 0 amide bonds. The fourth-order valence-corrected chi connectivity index (χ4v) is 4.79. The summed E-state index contributed by atoms with van der Waals surface area (Å²) in [7, 11) is 0. The fraction of sp³-hybridized carbons (Fsp3) is 0.118. The standard InChI is InChI=1S/2C17H15NO3/c1-2-15-16(11-5-3-7-13(19)9-11)18-21-17(15)12-6-4-8-14(20)10-12;1-2-13-16(11-6-5-7-12(19)10-11)18-21-17(13)14-8-3-4-9-15(14)20/h2*3-10,19-20H,2H2,1H3. The molecular formula is C34H30N2O6. The Morgan fingerprint density at radius 2 is 0.976 bits per heavy atom. The zero-order valence-corrected chi connectivity index (χ0v) is 23.2. The second-order valence-corrected chi connectivity index (χ2v) is 9.55.